The molecule has 0 aliphatic rings. The van der Waals surface area contributed by atoms with Crippen LogP contribution in [-0.4, -0.2) is 24.2 Å². The van der Waals surface area contributed by atoms with Crippen molar-refractivity contribution in [3.05, 3.63) is 34.8 Å². The van der Waals surface area contributed by atoms with Gasteiger partial charge in [-0.3, -0.25) is 0 Å². The molecule has 0 radical (unpaired) electrons. The first-order valence-electron chi connectivity index (χ1n) is 6.27. The molecule has 0 spiro atoms. The van der Waals surface area contributed by atoms with Gasteiger partial charge in [0.25, 0.3) is 0 Å². The van der Waals surface area contributed by atoms with Gasteiger partial charge in [0, 0.05) is 5.56 Å². The molecular formula is C15H14N2O3S. The number of rotatable bonds is 4. The quantitative estimate of drug-likeness (QED) is 0.811. The summed E-state index contributed by atoms with van der Waals surface area (Å²) in [4.78, 5) is 16.8. The smallest absolute Gasteiger partial charge is 0.351 e. The highest BCUT2D eigenvalue weighted by Crippen LogP contribution is 2.29. The van der Waals surface area contributed by atoms with Gasteiger partial charge in [0.15, 0.2) is 6.10 Å². The van der Waals surface area contributed by atoms with Crippen molar-refractivity contribution in [3.8, 4) is 22.4 Å². The van der Waals surface area contributed by atoms with Gasteiger partial charge in [0.2, 0.25) is 0 Å². The molecule has 0 amide bonds. The molecule has 0 saturated heterocycles. The van der Waals surface area contributed by atoms with Gasteiger partial charge in [-0.25, -0.2) is 9.78 Å². The number of aromatic nitrogens is 1. The molecule has 0 fully saturated rings. The number of aryl methyl sites for hydroxylation is 1. The van der Waals surface area contributed by atoms with E-state index in [4.69, 9.17) is 14.7 Å². The van der Waals surface area contributed by atoms with E-state index in [0.29, 0.717) is 10.6 Å². The second-order valence-electron chi connectivity index (χ2n) is 4.34. The van der Waals surface area contributed by atoms with Crippen LogP contribution in [0.25, 0.3) is 10.6 Å². The molecule has 1 aromatic carbocycles. The largest absolute Gasteiger partial charge is 0.497 e. The van der Waals surface area contributed by atoms with E-state index < -0.39 is 12.1 Å². The second-order valence-corrected chi connectivity index (χ2v) is 5.34. The number of nitriles is 1. The first-order valence-corrected chi connectivity index (χ1v) is 7.09. The Morgan fingerprint density at radius 3 is 2.62 bits per heavy atom. The fourth-order valence-electron chi connectivity index (χ4n) is 1.68. The van der Waals surface area contributed by atoms with Gasteiger partial charge in [0.05, 0.1) is 12.8 Å². The normalized spacial score (nSPS) is 11.5. The molecular weight excluding hydrogens is 288 g/mol. The predicted octanol–water partition coefficient (Wildman–Crippen LogP) is 3.20. The first kappa shape index (κ1) is 15.0. The van der Waals surface area contributed by atoms with E-state index in [1.54, 1.807) is 14.0 Å². The lowest BCUT2D eigenvalue weighted by Crippen LogP contribution is -2.12. The van der Waals surface area contributed by atoms with E-state index in [1.807, 2.05) is 30.3 Å². The number of methoxy groups -OCH3 is 1. The number of esters is 1. The molecule has 1 aromatic heterocycles. The molecule has 2 rings (SSSR count). The van der Waals surface area contributed by atoms with Crippen molar-refractivity contribution in [2.45, 2.75) is 20.0 Å². The summed E-state index contributed by atoms with van der Waals surface area (Å²) in [5, 5.41) is 9.41. The highest BCUT2D eigenvalue weighted by molar-refractivity contribution is 7.17. The Morgan fingerprint density at radius 2 is 2.05 bits per heavy atom. The van der Waals surface area contributed by atoms with Crippen molar-refractivity contribution in [3.63, 3.8) is 0 Å². The van der Waals surface area contributed by atoms with Crippen molar-refractivity contribution < 1.29 is 14.3 Å². The Labute approximate surface area is 126 Å². The average Bonchev–Trinajstić information content (AvgIpc) is 2.89. The van der Waals surface area contributed by atoms with Crippen molar-refractivity contribution in [2.24, 2.45) is 0 Å². The summed E-state index contributed by atoms with van der Waals surface area (Å²) < 4.78 is 10.1. The summed E-state index contributed by atoms with van der Waals surface area (Å²) in [6, 6.07) is 9.29. The van der Waals surface area contributed by atoms with Crippen LogP contribution in [0.15, 0.2) is 24.3 Å². The van der Waals surface area contributed by atoms with E-state index in [1.165, 1.54) is 18.3 Å². The monoisotopic (exact) mass is 302 g/mol. The summed E-state index contributed by atoms with van der Waals surface area (Å²) in [7, 11) is 1.60. The highest BCUT2D eigenvalue weighted by Gasteiger charge is 2.19. The fraction of sp³-hybridized carbons (Fsp3) is 0.267. The van der Waals surface area contributed by atoms with Crippen molar-refractivity contribution >= 4 is 17.3 Å². The molecule has 0 aliphatic heterocycles. The minimum Gasteiger partial charge on any atom is -0.497 e. The molecule has 0 unspecified atom stereocenters. The van der Waals surface area contributed by atoms with Crippen LogP contribution in [0.5, 0.6) is 5.75 Å². The lowest BCUT2D eigenvalue weighted by Gasteiger charge is -2.03. The van der Waals surface area contributed by atoms with Crippen LogP contribution in [0.4, 0.5) is 0 Å². The maximum atomic E-state index is 12.0. The third-order valence-corrected chi connectivity index (χ3v) is 3.97. The van der Waals surface area contributed by atoms with Crippen LogP contribution < -0.4 is 4.74 Å². The third kappa shape index (κ3) is 3.38. The van der Waals surface area contributed by atoms with Crippen LogP contribution in [-0.2, 0) is 4.74 Å². The summed E-state index contributed by atoms with van der Waals surface area (Å²) in [5.41, 5.74) is 1.50. The number of nitrogens with zero attached hydrogens (tertiary/aromatic N) is 2. The molecule has 0 aliphatic carbocycles. The lowest BCUT2D eigenvalue weighted by atomic mass is 10.2. The molecule has 1 atom stereocenters. The maximum Gasteiger partial charge on any atom is 0.351 e. The zero-order chi connectivity index (χ0) is 15.4. The number of carbonyl (C=O) groups is 1. The fourth-order valence-corrected chi connectivity index (χ4v) is 2.64. The van der Waals surface area contributed by atoms with Gasteiger partial charge < -0.3 is 9.47 Å². The Morgan fingerprint density at radius 1 is 1.38 bits per heavy atom. The summed E-state index contributed by atoms with van der Waals surface area (Å²) in [6.07, 6.45) is -0.775. The highest BCUT2D eigenvalue weighted by atomic mass is 32.1. The van der Waals surface area contributed by atoms with E-state index in [9.17, 15) is 4.79 Å². The maximum absolute atomic E-state index is 12.0. The molecule has 2 aromatic rings. The molecule has 5 nitrogen and oxygen atoms in total. The van der Waals surface area contributed by atoms with E-state index >= 15 is 0 Å². The van der Waals surface area contributed by atoms with E-state index in [2.05, 4.69) is 4.98 Å². The number of thiazole rings is 1. The summed E-state index contributed by atoms with van der Waals surface area (Å²) in [5.74, 6) is 0.244. The van der Waals surface area contributed by atoms with E-state index in [-0.39, 0.29) is 0 Å². The first-order chi connectivity index (χ1) is 10.0. The average molecular weight is 302 g/mol. The summed E-state index contributed by atoms with van der Waals surface area (Å²) >= 11 is 1.25. The molecule has 6 heteroatoms. The minimum absolute atomic E-state index is 0.419. The van der Waals surface area contributed by atoms with Gasteiger partial charge in [-0.15, -0.1) is 11.3 Å². The summed E-state index contributed by atoms with van der Waals surface area (Å²) in [6.45, 7) is 3.27. The van der Waals surface area contributed by atoms with Crippen molar-refractivity contribution in [2.75, 3.05) is 7.11 Å². The molecule has 1 heterocycles. The predicted molar refractivity (Wildman–Crippen MR) is 79.3 cm³/mol. The van der Waals surface area contributed by atoms with Crippen LogP contribution >= 0.6 is 11.3 Å². The lowest BCUT2D eigenvalue weighted by molar-refractivity contribution is 0.0440. The number of benzene rings is 1. The standard InChI is InChI=1S/C15H14N2O3S/c1-9(8-16)20-15(18)13-10(2)17-14(21-13)11-4-6-12(19-3)7-5-11/h4-7,9H,1-3H3/t9-/m1/s1. The zero-order valence-corrected chi connectivity index (χ0v) is 12.7. The molecule has 0 saturated carbocycles. The number of ether oxygens (including phenoxy) is 2. The minimum atomic E-state index is -0.775. The number of carbonyl (C=O) groups excluding carboxylic acids is 1. The van der Waals surface area contributed by atoms with Crippen LogP contribution in [0, 0.1) is 18.3 Å². The topological polar surface area (TPSA) is 72.2 Å². The van der Waals surface area contributed by atoms with Crippen LogP contribution in [0.1, 0.15) is 22.3 Å². The van der Waals surface area contributed by atoms with Crippen LogP contribution in [0.3, 0.4) is 0 Å². The SMILES string of the molecule is COc1ccc(-c2nc(C)c(C(=O)O[C@H](C)C#N)s2)cc1. The van der Waals surface area contributed by atoms with E-state index in [0.717, 1.165) is 16.3 Å². The van der Waals surface area contributed by atoms with Gasteiger partial charge in [-0.2, -0.15) is 5.26 Å². The number of hydrogen-bond acceptors (Lipinski definition) is 6. The Balaban J connectivity index is 2.26. The Bertz CT molecular complexity index is 686. The molecule has 0 N–H and O–H groups in total. The molecule has 21 heavy (non-hydrogen) atoms. The van der Waals surface area contributed by atoms with Gasteiger partial charge >= 0.3 is 5.97 Å². The van der Waals surface area contributed by atoms with Crippen molar-refractivity contribution in [1.82, 2.24) is 4.98 Å². The van der Waals surface area contributed by atoms with Gasteiger partial charge in [-0.05, 0) is 38.1 Å². The zero-order valence-electron chi connectivity index (χ0n) is 11.9. The number of hydrogen-bond donors (Lipinski definition) is 0. The molecule has 108 valence electrons. The van der Waals surface area contributed by atoms with Gasteiger partial charge in [-0.1, -0.05) is 0 Å². The van der Waals surface area contributed by atoms with Crippen LogP contribution in [0.2, 0.25) is 0 Å². The molecule has 0 bridgehead atoms. The third-order valence-electron chi connectivity index (χ3n) is 2.78. The Kier molecular flexibility index (Phi) is 4.55. The van der Waals surface area contributed by atoms with Crippen molar-refractivity contribution in [1.29, 1.82) is 5.26 Å². The van der Waals surface area contributed by atoms with Gasteiger partial charge in [0.1, 0.15) is 21.7 Å². The second kappa shape index (κ2) is 6.37. The Hall–Kier alpha value is -2.39.